The van der Waals surface area contributed by atoms with Crippen molar-refractivity contribution in [3.63, 3.8) is 0 Å². The molecule has 4 rings (SSSR count). The first-order valence-electron chi connectivity index (χ1n) is 8.36. The van der Waals surface area contributed by atoms with Crippen molar-refractivity contribution < 1.29 is 19.5 Å². The van der Waals surface area contributed by atoms with E-state index in [9.17, 15) is 14.6 Å². The second-order valence-corrected chi connectivity index (χ2v) is 7.50. The van der Waals surface area contributed by atoms with Gasteiger partial charge in [-0.05, 0) is 19.1 Å². The lowest BCUT2D eigenvalue weighted by Gasteiger charge is -2.33. The van der Waals surface area contributed by atoms with Crippen molar-refractivity contribution in [2.45, 2.75) is 31.9 Å². The molecule has 0 radical (unpaired) electrons. The van der Waals surface area contributed by atoms with Gasteiger partial charge in [-0.25, -0.2) is 9.37 Å². The fraction of sp³-hybridized carbons (Fsp3) is 0.412. The monoisotopic (exact) mass is 363 g/mol. The maximum absolute atomic E-state index is 14.6. The second-order valence-electron chi connectivity index (χ2n) is 6.49. The summed E-state index contributed by atoms with van der Waals surface area (Å²) in [4.78, 5) is 6.71. The fourth-order valence-electron chi connectivity index (χ4n) is 3.55. The highest BCUT2D eigenvalue weighted by Gasteiger charge is 2.36. The van der Waals surface area contributed by atoms with Crippen LogP contribution in [0.5, 0.6) is 5.88 Å². The van der Waals surface area contributed by atoms with E-state index < -0.39 is 0 Å². The Morgan fingerprint density at radius 3 is 2.72 bits per heavy atom. The number of rotatable bonds is 3. The van der Waals surface area contributed by atoms with Gasteiger partial charge < -0.3 is 15.1 Å². The number of nitrogens with one attached hydrogen (secondary N) is 1. The number of quaternary nitrogens is 1. The van der Waals surface area contributed by atoms with Gasteiger partial charge in [-0.2, -0.15) is 4.52 Å². The van der Waals surface area contributed by atoms with Crippen LogP contribution in [-0.4, -0.2) is 44.0 Å². The third kappa shape index (κ3) is 2.90. The van der Waals surface area contributed by atoms with Crippen LogP contribution in [0, 0.1) is 12.7 Å². The summed E-state index contributed by atoms with van der Waals surface area (Å²) in [6.45, 7) is 3.20. The van der Waals surface area contributed by atoms with E-state index in [4.69, 9.17) is 0 Å². The number of piperidine rings is 1. The zero-order valence-corrected chi connectivity index (χ0v) is 14.6. The Morgan fingerprint density at radius 2 is 2.04 bits per heavy atom. The fourth-order valence-corrected chi connectivity index (χ4v) is 4.73. The van der Waals surface area contributed by atoms with Crippen molar-refractivity contribution >= 4 is 16.3 Å². The minimum Gasteiger partial charge on any atom is -0.492 e. The number of aryl methyl sites for hydroxylation is 1. The minimum absolute atomic E-state index is 0.0208. The average molecular weight is 363 g/mol. The van der Waals surface area contributed by atoms with Crippen molar-refractivity contribution in [2.24, 2.45) is 0 Å². The van der Waals surface area contributed by atoms with Crippen molar-refractivity contribution in [1.82, 2.24) is 14.6 Å². The molecule has 0 spiro atoms. The normalized spacial score (nSPS) is 22.4. The summed E-state index contributed by atoms with van der Waals surface area (Å²) in [5.41, 5.74) is 0.547. The predicted octanol–water partition coefficient (Wildman–Crippen LogP) is 1.07. The van der Waals surface area contributed by atoms with Gasteiger partial charge in [0.05, 0.1) is 24.8 Å². The Morgan fingerprint density at radius 1 is 1.32 bits per heavy atom. The Labute approximate surface area is 148 Å². The number of aliphatic hydroxyl groups excluding tert-OH is 1. The van der Waals surface area contributed by atoms with Crippen LogP contribution in [0.4, 0.5) is 4.39 Å². The second kappa shape index (κ2) is 6.36. The van der Waals surface area contributed by atoms with Crippen LogP contribution in [0.1, 0.15) is 35.1 Å². The molecule has 0 saturated carbocycles. The summed E-state index contributed by atoms with van der Waals surface area (Å²) in [6, 6.07) is 6.33. The smallest absolute Gasteiger partial charge is 0.235 e. The van der Waals surface area contributed by atoms with E-state index in [1.54, 1.807) is 19.1 Å². The van der Waals surface area contributed by atoms with E-state index in [2.05, 4.69) is 10.1 Å². The molecule has 0 bridgehead atoms. The van der Waals surface area contributed by atoms with E-state index >= 15 is 0 Å². The summed E-state index contributed by atoms with van der Waals surface area (Å²) in [5.74, 6) is 0.317. The van der Waals surface area contributed by atoms with Gasteiger partial charge in [0.25, 0.3) is 0 Å². The first-order chi connectivity index (χ1) is 12.0. The molecule has 0 unspecified atom stereocenters. The number of likely N-dealkylation sites (tertiary alicyclic amines) is 1. The number of hydrogen-bond donors (Lipinski definition) is 3. The van der Waals surface area contributed by atoms with Crippen LogP contribution in [-0.2, 0) is 0 Å². The van der Waals surface area contributed by atoms with Crippen molar-refractivity contribution in [1.29, 1.82) is 0 Å². The van der Waals surface area contributed by atoms with Gasteiger partial charge in [0, 0.05) is 12.8 Å². The summed E-state index contributed by atoms with van der Waals surface area (Å²) in [6.07, 6.45) is 1.03. The number of benzene rings is 1. The molecule has 3 N–H and O–H groups in total. The molecule has 1 aromatic carbocycles. The molecule has 0 aliphatic carbocycles. The van der Waals surface area contributed by atoms with E-state index in [0.717, 1.165) is 4.90 Å². The average Bonchev–Trinajstić information content (AvgIpc) is 3.09. The number of aromatic nitrogens is 3. The highest BCUT2D eigenvalue weighted by Crippen LogP contribution is 2.35. The van der Waals surface area contributed by atoms with Gasteiger partial charge in [-0.3, -0.25) is 0 Å². The molecule has 2 aromatic heterocycles. The highest BCUT2D eigenvalue weighted by molar-refractivity contribution is 7.17. The van der Waals surface area contributed by atoms with Crippen LogP contribution in [0.2, 0.25) is 0 Å². The van der Waals surface area contributed by atoms with Gasteiger partial charge in [0.1, 0.15) is 16.5 Å². The largest absolute Gasteiger partial charge is 0.492 e. The molecule has 1 atom stereocenters. The SMILES string of the molecule is Cc1nc2sc([C@@H](c3ccccc3F)[NH+]3CCC(O)CC3)c(O)n2n1. The quantitative estimate of drug-likeness (QED) is 0.651. The molecule has 1 fully saturated rings. The maximum atomic E-state index is 14.6. The van der Waals surface area contributed by atoms with Gasteiger partial charge in [0.2, 0.25) is 10.8 Å². The molecule has 1 aliphatic heterocycles. The summed E-state index contributed by atoms with van der Waals surface area (Å²) >= 11 is 1.34. The molecule has 0 amide bonds. The maximum Gasteiger partial charge on any atom is 0.235 e. The number of aromatic hydroxyl groups is 1. The lowest BCUT2D eigenvalue weighted by atomic mass is 9.99. The number of hydrogen-bond acceptors (Lipinski definition) is 5. The van der Waals surface area contributed by atoms with Crippen molar-refractivity contribution in [3.05, 3.63) is 46.3 Å². The van der Waals surface area contributed by atoms with E-state index in [1.165, 1.54) is 21.9 Å². The number of nitrogens with zero attached hydrogens (tertiary/aromatic N) is 3. The van der Waals surface area contributed by atoms with Crippen LogP contribution in [0.15, 0.2) is 24.3 Å². The highest BCUT2D eigenvalue weighted by atomic mass is 32.1. The molecule has 3 heterocycles. The lowest BCUT2D eigenvalue weighted by molar-refractivity contribution is -0.931. The number of fused-ring (bicyclic) bond motifs is 1. The minimum atomic E-state index is -0.345. The third-order valence-electron chi connectivity index (χ3n) is 4.79. The zero-order valence-electron chi connectivity index (χ0n) is 13.8. The molecule has 3 aromatic rings. The van der Waals surface area contributed by atoms with Crippen LogP contribution >= 0.6 is 11.3 Å². The predicted molar refractivity (Wildman–Crippen MR) is 91.4 cm³/mol. The van der Waals surface area contributed by atoms with Gasteiger partial charge in [-0.15, -0.1) is 5.10 Å². The number of aliphatic hydroxyl groups is 1. The molecule has 8 heteroatoms. The van der Waals surface area contributed by atoms with Gasteiger partial charge in [-0.1, -0.05) is 23.5 Å². The summed E-state index contributed by atoms with van der Waals surface area (Å²) in [5, 5.41) is 24.7. The number of thiazole rings is 1. The Balaban J connectivity index is 1.83. The lowest BCUT2D eigenvalue weighted by Crippen LogP contribution is -3.13. The zero-order chi connectivity index (χ0) is 17.6. The van der Waals surface area contributed by atoms with Gasteiger partial charge >= 0.3 is 0 Å². The first kappa shape index (κ1) is 16.4. The molecule has 132 valence electrons. The van der Waals surface area contributed by atoms with Crippen LogP contribution < -0.4 is 4.90 Å². The molecule has 1 saturated heterocycles. The van der Waals surface area contributed by atoms with Gasteiger partial charge in [0.15, 0.2) is 6.04 Å². The Bertz CT molecular complexity index is 901. The topological polar surface area (TPSA) is 75.1 Å². The van der Waals surface area contributed by atoms with Crippen molar-refractivity contribution in [3.8, 4) is 5.88 Å². The van der Waals surface area contributed by atoms with Crippen LogP contribution in [0.3, 0.4) is 0 Å². The summed E-state index contributed by atoms with van der Waals surface area (Å²) < 4.78 is 16.0. The van der Waals surface area contributed by atoms with E-state index in [0.29, 0.717) is 47.2 Å². The van der Waals surface area contributed by atoms with E-state index in [-0.39, 0.29) is 23.8 Å². The number of halogens is 1. The summed E-state index contributed by atoms with van der Waals surface area (Å²) in [7, 11) is 0. The van der Waals surface area contributed by atoms with Crippen LogP contribution in [0.25, 0.3) is 4.96 Å². The molecular formula is C17H20FN4O2S+. The van der Waals surface area contributed by atoms with Crippen molar-refractivity contribution in [2.75, 3.05) is 13.1 Å². The Kier molecular flexibility index (Phi) is 4.18. The Hall–Kier alpha value is -2.03. The molecule has 6 nitrogen and oxygen atoms in total. The van der Waals surface area contributed by atoms with E-state index in [1.807, 2.05) is 6.07 Å². The third-order valence-corrected chi connectivity index (χ3v) is 5.87. The standard InChI is InChI=1S/C17H19FN4O2S/c1-10-19-17-22(20-10)16(24)15(25-17)14(12-4-2-3-5-13(12)18)21-8-6-11(23)7-9-21/h2-5,11,14,23-24H,6-9H2,1H3/p+1/t14-/m1/s1. The molecular weight excluding hydrogens is 343 g/mol. The molecule has 25 heavy (non-hydrogen) atoms. The molecule has 1 aliphatic rings. The first-order valence-corrected chi connectivity index (χ1v) is 9.18.